The molecule has 1 amide bonds. The lowest BCUT2D eigenvalue weighted by molar-refractivity contribution is -0.114. The first kappa shape index (κ1) is 16.7. The molecule has 0 saturated heterocycles. The molecule has 6 heteroatoms. The van der Waals surface area contributed by atoms with Gasteiger partial charge in [-0.15, -0.1) is 0 Å². The molecule has 3 rings (SSSR count). The van der Waals surface area contributed by atoms with Gasteiger partial charge in [0, 0.05) is 13.1 Å². The molecule has 0 saturated carbocycles. The molecule has 2 aromatic heterocycles. The Morgan fingerprint density at radius 1 is 1.08 bits per heavy atom. The monoisotopic (exact) mass is 335 g/mol. The van der Waals surface area contributed by atoms with Crippen molar-refractivity contribution in [3.8, 4) is 11.4 Å². The number of rotatable bonds is 4. The van der Waals surface area contributed by atoms with Crippen LogP contribution in [0, 0.1) is 20.8 Å². The maximum atomic E-state index is 11.5. The Morgan fingerprint density at radius 3 is 2.40 bits per heavy atom. The number of carbonyl (C=O) groups excluding carboxylic acids is 1. The fraction of sp³-hybridized carbons (Fsp3) is 0.211. The topological polar surface area (TPSA) is 71.8 Å². The Balaban J connectivity index is 2.03. The van der Waals surface area contributed by atoms with Gasteiger partial charge in [-0.05, 0) is 44.0 Å². The van der Waals surface area contributed by atoms with Crippen LogP contribution in [0.25, 0.3) is 11.4 Å². The maximum absolute atomic E-state index is 11.5. The molecule has 3 aromatic rings. The number of aryl methyl sites for hydroxylation is 3. The van der Waals surface area contributed by atoms with E-state index in [1.165, 1.54) is 12.5 Å². The predicted octanol–water partition coefficient (Wildman–Crippen LogP) is 3.70. The van der Waals surface area contributed by atoms with E-state index in [0.717, 1.165) is 22.5 Å². The van der Waals surface area contributed by atoms with Crippen LogP contribution in [0.4, 0.5) is 11.6 Å². The number of amides is 1. The summed E-state index contributed by atoms with van der Waals surface area (Å²) in [6.07, 6.45) is 3.54. The van der Waals surface area contributed by atoms with E-state index in [1.807, 2.05) is 24.4 Å². The van der Waals surface area contributed by atoms with E-state index in [9.17, 15) is 4.79 Å². The molecular formula is C19H21N5O. The van der Waals surface area contributed by atoms with Gasteiger partial charge in [-0.25, -0.2) is 9.66 Å². The van der Waals surface area contributed by atoms with Crippen LogP contribution in [-0.2, 0) is 4.79 Å². The fourth-order valence-corrected chi connectivity index (χ4v) is 2.83. The summed E-state index contributed by atoms with van der Waals surface area (Å²) in [7, 11) is 0. The van der Waals surface area contributed by atoms with E-state index in [4.69, 9.17) is 0 Å². The minimum atomic E-state index is -0.182. The van der Waals surface area contributed by atoms with Gasteiger partial charge in [0.2, 0.25) is 11.9 Å². The molecular weight excluding hydrogens is 314 g/mol. The lowest BCUT2D eigenvalue weighted by Crippen LogP contribution is -2.17. The number of anilines is 2. The van der Waals surface area contributed by atoms with Crippen molar-refractivity contribution in [1.82, 2.24) is 14.6 Å². The van der Waals surface area contributed by atoms with E-state index in [1.54, 1.807) is 10.9 Å². The highest BCUT2D eigenvalue weighted by molar-refractivity contribution is 5.87. The summed E-state index contributed by atoms with van der Waals surface area (Å²) in [5.74, 6) is 0.242. The van der Waals surface area contributed by atoms with Gasteiger partial charge in [0.15, 0.2) is 0 Å². The van der Waals surface area contributed by atoms with Gasteiger partial charge in [-0.3, -0.25) is 20.5 Å². The average molecular weight is 335 g/mol. The molecule has 2 N–H and O–H groups in total. The molecule has 1 aromatic carbocycles. The average Bonchev–Trinajstić information content (AvgIpc) is 2.93. The number of aromatic nitrogens is 3. The lowest BCUT2D eigenvalue weighted by Gasteiger charge is -2.16. The Labute approximate surface area is 146 Å². The molecule has 0 radical (unpaired) electrons. The molecule has 25 heavy (non-hydrogen) atoms. The van der Waals surface area contributed by atoms with Crippen molar-refractivity contribution in [2.24, 2.45) is 0 Å². The largest absolute Gasteiger partial charge is 0.295 e. The van der Waals surface area contributed by atoms with Crippen LogP contribution in [0.2, 0.25) is 0 Å². The van der Waals surface area contributed by atoms with Crippen molar-refractivity contribution in [2.45, 2.75) is 27.7 Å². The second kappa shape index (κ2) is 6.76. The summed E-state index contributed by atoms with van der Waals surface area (Å²) in [5.41, 5.74) is 9.21. The Kier molecular flexibility index (Phi) is 4.52. The number of benzene rings is 1. The van der Waals surface area contributed by atoms with Crippen molar-refractivity contribution < 1.29 is 4.79 Å². The number of nitrogens with one attached hydrogen (secondary N) is 2. The van der Waals surface area contributed by atoms with Gasteiger partial charge in [-0.2, -0.15) is 0 Å². The first-order valence-electron chi connectivity index (χ1n) is 8.07. The number of imidazole rings is 1. The summed E-state index contributed by atoms with van der Waals surface area (Å²) >= 11 is 0. The zero-order chi connectivity index (χ0) is 18.0. The van der Waals surface area contributed by atoms with Gasteiger partial charge < -0.3 is 0 Å². The van der Waals surface area contributed by atoms with E-state index < -0.39 is 0 Å². The van der Waals surface area contributed by atoms with Gasteiger partial charge in [-0.1, -0.05) is 23.8 Å². The van der Waals surface area contributed by atoms with E-state index in [2.05, 4.69) is 53.6 Å². The molecule has 0 unspecified atom stereocenters. The lowest BCUT2D eigenvalue weighted by atomic mass is 10.1. The van der Waals surface area contributed by atoms with Crippen LogP contribution >= 0.6 is 0 Å². The van der Waals surface area contributed by atoms with Crippen molar-refractivity contribution in [1.29, 1.82) is 0 Å². The van der Waals surface area contributed by atoms with Crippen LogP contribution in [-0.4, -0.2) is 20.6 Å². The van der Waals surface area contributed by atoms with E-state index >= 15 is 0 Å². The van der Waals surface area contributed by atoms with Gasteiger partial charge >= 0.3 is 0 Å². The summed E-state index contributed by atoms with van der Waals surface area (Å²) < 4.78 is 1.72. The predicted molar refractivity (Wildman–Crippen MR) is 99.4 cm³/mol. The van der Waals surface area contributed by atoms with Crippen molar-refractivity contribution in [3.63, 3.8) is 0 Å². The number of carbonyl (C=O) groups is 1. The third-order valence-electron chi connectivity index (χ3n) is 3.83. The van der Waals surface area contributed by atoms with Crippen molar-refractivity contribution >= 4 is 17.5 Å². The van der Waals surface area contributed by atoms with Gasteiger partial charge in [0.25, 0.3) is 0 Å². The number of pyridine rings is 1. The third-order valence-corrected chi connectivity index (χ3v) is 3.83. The van der Waals surface area contributed by atoms with E-state index in [-0.39, 0.29) is 5.91 Å². The van der Waals surface area contributed by atoms with Crippen LogP contribution in [0.5, 0.6) is 0 Å². The smallest absolute Gasteiger partial charge is 0.229 e. The first-order valence-corrected chi connectivity index (χ1v) is 8.07. The maximum Gasteiger partial charge on any atom is 0.229 e. The summed E-state index contributed by atoms with van der Waals surface area (Å²) in [6.45, 7) is 7.64. The van der Waals surface area contributed by atoms with Crippen molar-refractivity contribution in [3.05, 3.63) is 59.4 Å². The van der Waals surface area contributed by atoms with Crippen LogP contribution in [0.15, 0.2) is 42.7 Å². The molecule has 0 aliphatic carbocycles. The second-order valence-electron chi connectivity index (χ2n) is 6.10. The zero-order valence-electron chi connectivity index (χ0n) is 14.8. The summed E-state index contributed by atoms with van der Waals surface area (Å²) in [5, 5.41) is 2.76. The Morgan fingerprint density at radius 2 is 1.80 bits per heavy atom. The number of hydrogen-bond acceptors (Lipinski definition) is 4. The molecule has 0 fully saturated rings. The van der Waals surface area contributed by atoms with Crippen LogP contribution in [0.3, 0.4) is 0 Å². The van der Waals surface area contributed by atoms with E-state index in [0.29, 0.717) is 11.6 Å². The molecule has 6 nitrogen and oxygen atoms in total. The normalized spacial score (nSPS) is 10.6. The highest BCUT2D eigenvalue weighted by Gasteiger charge is 2.13. The SMILES string of the molecule is CC(=O)Nc1nc(-c2ccccn2)cn1Nc1c(C)cc(C)cc1C. The molecule has 0 aliphatic heterocycles. The highest BCUT2D eigenvalue weighted by Crippen LogP contribution is 2.25. The standard InChI is InChI=1S/C19H21N5O/c1-12-9-13(2)18(14(3)10-12)23-24-11-17(16-7-5-6-8-20-16)22-19(24)21-15(4)25/h5-11,23H,1-4H3,(H,21,22,25). The summed E-state index contributed by atoms with van der Waals surface area (Å²) in [6, 6.07) is 9.87. The Hall–Kier alpha value is -3.15. The molecule has 2 heterocycles. The minimum absolute atomic E-state index is 0.182. The molecule has 0 spiro atoms. The minimum Gasteiger partial charge on any atom is -0.295 e. The summed E-state index contributed by atoms with van der Waals surface area (Å²) in [4.78, 5) is 20.4. The zero-order valence-corrected chi connectivity index (χ0v) is 14.8. The number of nitrogens with zero attached hydrogens (tertiary/aromatic N) is 3. The molecule has 0 aliphatic rings. The molecule has 0 bridgehead atoms. The quantitative estimate of drug-likeness (QED) is 0.762. The van der Waals surface area contributed by atoms with Crippen molar-refractivity contribution in [2.75, 3.05) is 10.7 Å². The first-order chi connectivity index (χ1) is 11.9. The Bertz CT molecular complexity index is 892. The highest BCUT2D eigenvalue weighted by atomic mass is 16.1. The van der Waals surface area contributed by atoms with Crippen LogP contribution in [0.1, 0.15) is 23.6 Å². The van der Waals surface area contributed by atoms with Crippen LogP contribution < -0.4 is 10.7 Å². The molecule has 128 valence electrons. The van der Waals surface area contributed by atoms with Gasteiger partial charge in [0.1, 0.15) is 5.69 Å². The second-order valence-corrected chi connectivity index (χ2v) is 6.10. The van der Waals surface area contributed by atoms with Gasteiger partial charge in [0.05, 0.1) is 17.6 Å². The third kappa shape index (κ3) is 3.68. The number of hydrogen-bond donors (Lipinski definition) is 2. The molecule has 0 atom stereocenters. The fourth-order valence-electron chi connectivity index (χ4n) is 2.83.